The average Bonchev–Trinajstić information content (AvgIpc) is 3.26. The van der Waals surface area contributed by atoms with Crippen LogP contribution in [0.15, 0.2) is 30.3 Å². The Morgan fingerprint density at radius 3 is 2.63 bits per heavy atom. The molecule has 4 heteroatoms. The lowest BCUT2D eigenvalue weighted by Crippen LogP contribution is -2.06. The number of rotatable bonds is 4. The Morgan fingerprint density at radius 2 is 1.95 bits per heavy atom. The van der Waals surface area contributed by atoms with Gasteiger partial charge >= 0.3 is 0 Å². The van der Waals surface area contributed by atoms with Crippen LogP contribution in [0, 0.1) is 6.92 Å². The summed E-state index contributed by atoms with van der Waals surface area (Å²) in [5.74, 6) is 2.44. The molecule has 0 amide bonds. The van der Waals surface area contributed by atoms with Gasteiger partial charge in [-0.2, -0.15) is 4.98 Å². The molecule has 1 fully saturated rings. The van der Waals surface area contributed by atoms with Gasteiger partial charge in [-0.25, -0.2) is 4.98 Å². The predicted octanol–water partition coefficient (Wildman–Crippen LogP) is 2.82. The van der Waals surface area contributed by atoms with E-state index < -0.39 is 0 Å². The van der Waals surface area contributed by atoms with Crippen molar-refractivity contribution in [2.24, 2.45) is 0 Å². The summed E-state index contributed by atoms with van der Waals surface area (Å²) in [6.07, 6.45) is 2.31. The van der Waals surface area contributed by atoms with Crippen LogP contribution in [0.4, 0.5) is 5.82 Å². The van der Waals surface area contributed by atoms with Gasteiger partial charge < -0.3 is 10.5 Å². The van der Waals surface area contributed by atoms with E-state index in [1.54, 1.807) is 0 Å². The molecule has 1 aliphatic carbocycles. The second-order valence-corrected chi connectivity index (χ2v) is 4.95. The number of ether oxygens (including phenoxy) is 1. The summed E-state index contributed by atoms with van der Waals surface area (Å²) in [4.78, 5) is 8.83. The van der Waals surface area contributed by atoms with E-state index in [1.165, 1.54) is 0 Å². The molecular formula is C15H17N3O. The first kappa shape index (κ1) is 12.0. The molecule has 98 valence electrons. The van der Waals surface area contributed by atoms with Gasteiger partial charge in [0.05, 0.1) is 5.56 Å². The van der Waals surface area contributed by atoms with Crippen molar-refractivity contribution in [2.45, 2.75) is 32.3 Å². The van der Waals surface area contributed by atoms with E-state index in [9.17, 15) is 0 Å². The van der Waals surface area contributed by atoms with Crippen LogP contribution in [0.1, 0.15) is 35.7 Å². The minimum atomic E-state index is 0.474. The minimum Gasteiger partial charge on any atom is -0.472 e. The largest absolute Gasteiger partial charge is 0.472 e. The van der Waals surface area contributed by atoms with Crippen LogP contribution in [0.3, 0.4) is 0 Å². The van der Waals surface area contributed by atoms with E-state index >= 15 is 0 Å². The molecule has 1 aromatic carbocycles. The van der Waals surface area contributed by atoms with Crippen molar-refractivity contribution in [1.82, 2.24) is 9.97 Å². The lowest BCUT2D eigenvalue weighted by Gasteiger charge is -2.11. The number of nitrogens with two attached hydrogens (primary N) is 1. The summed E-state index contributed by atoms with van der Waals surface area (Å²) >= 11 is 0. The Morgan fingerprint density at radius 1 is 1.21 bits per heavy atom. The predicted molar refractivity (Wildman–Crippen MR) is 73.9 cm³/mol. The zero-order chi connectivity index (χ0) is 13.2. The van der Waals surface area contributed by atoms with Crippen molar-refractivity contribution in [1.29, 1.82) is 0 Å². The molecule has 1 heterocycles. The first-order valence-electron chi connectivity index (χ1n) is 6.55. The molecule has 3 rings (SSSR count). The summed E-state index contributed by atoms with van der Waals surface area (Å²) in [5, 5.41) is 0. The van der Waals surface area contributed by atoms with Crippen LogP contribution in [0.25, 0.3) is 0 Å². The van der Waals surface area contributed by atoms with Gasteiger partial charge in [0.25, 0.3) is 0 Å². The van der Waals surface area contributed by atoms with E-state index in [1.807, 2.05) is 37.3 Å². The van der Waals surface area contributed by atoms with Crippen molar-refractivity contribution < 1.29 is 4.74 Å². The smallest absolute Gasteiger partial charge is 0.222 e. The van der Waals surface area contributed by atoms with Gasteiger partial charge in [-0.3, -0.25) is 0 Å². The monoisotopic (exact) mass is 255 g/mol. The third kappa shape index (κ3) is 2.67. The quantitative estimate of drug-likeness (QED) is 0.912. The zero-order valence-electron chi connectivity index (χ0n) is 11.0. The fourth-order valence-electron chi connectivity index (χ4n) is 1.92. The normalized spacial score (nSPS) is 14.4. The maximum atomic E-state index is 5.92. The molecule has 2 N–H and O–H groups in total. The molecule has 0 atom stereocenters. The zero-order valence-corrected chi connectivity index (χ0v) is 11.0. The maximum absolute atomic E-state index is 5.92. The van der Waals surface area contributed by atoms with E-state index in [4.69, 9.17) is 10.5 Å². The third-order valence-corrected chi connectivity index (χ3v) is 3.32. The lowest BCUT2D eigenvalue weighted by molar-refractivity contribution is 0.290. The van der Waals surface area contributed by atoms with Crippen molar-refractivity contribution in [3.05, 3.63) is 47.3 Å². The average molecular weight is 255 g/mol. The molecule has 0 bridgehead atoms. The number of nitrogens with zero attached hydrogens (tertiary/aromatic N) is 2. The van der Waals surface area contributed by atoms with E-state index in [0.717, 1.165) is 29.8 Å². The molecule has 19 heavy (non-hydrogen) atoms. The highest BCUT2D eigenvalue weighted by atomic mass is 16.5. The van der Waals surface area contributed by atoms with Gasteiger partial charge in [0.1, 0.15) is 18.2 Å². The van der Waals surface area contributed by atoms with Crippen LogP contribution in [0.2, 0.25) is 0 Å². The summed E-state index contributed by atoms with van der Waals surface area (Å²) in [5.41, 5.74) is 7.86. The first-order valence-corrected chi connectivity index (χ1v) is 6.55. The molecule has 1 saturated carbocycles. The number of hydrogen-bond donors (Lipinski definition) is 1. The Hall–Kier alpha value is -2.10. The number of aromatic nitrogens is 2. The number of hydrogen-bond acceptors (Lipinski definition) is 4. The molecule has 0 spiro atoms. The fourth-order valence-corrected chi connectivity index (χ4v) is 1.92. The highest BCUT2D eigenvalue weighted by molar-refractivity contribution is 5.45. The highest BCUT2D eigenvalue weighted by Crippen LogP contribution is 2.39. The first-order chi connectivity index (χ1) is 9.24. The van der Waals surface area contributed by atoms with Gasteiger partial charge in [0, 0.05) is 5.92 Å². The Bertz CT molecular complexity index is 579. The van der Waals surface area contributed by atoms with E-state index in [2.05, 4.69) is 9.97 Å². The minimum absolute atomic E-state index is 0.474. The Balaban J connectivity index is 1.79. The summed E-state index contributed by atoms with van der Waals surface area (Å²) in [6, 6.07) is 10.0. The standard InChI is InChI=1S/C15H17N3O/c1-10-13(16)17-14(12-7-8-12)18-15(10)19-9-11-5-3-2-4-6-11/h2-6,12H,7-9H2,1H3,(H2,16,17,18). The molecule has 0 saturated heterocycles. The van der Waals surface area contributed by atoms with Gasteiger partial charge in [-0.05, 0) is 25.3 Å². The molecule has 1 aliphatic rings. The molecule has 0 unspecified atom stereocenters. The molecule has 2 aromatic rings. The summed E-state index contributed by atoms with van der Waals surface area (Å²) < 4.78 is 5.79. The van der Waals surface area contributed by atoms with E-state index in [0.29, 0.717) is 24.2 Å². The van der Waals surface area contributed by atoms with Crippen molar-refractivity contribution >= 4 is 5.82 Å². The van der Waals surface area contributed by atoms with Gasteiger partial charge in [-0.1, -0.05) is 30.3 Å². The summed E-state index contributed by atoms with van der Waals surface area (Å²) in [7, 11) is 0. The van der Waals surface area contributed by atoms with Gasteiger partial charge in [0.2, 0.25) is 5.88 Å². The van der Waals surface area contributed by atoms with Crippen molar-refractivity contribution in [3.63, 3.8) is 0 Å². The second-order valence-electron chi connectivity index (χ2n) is 4.95. The van der Waals surface area contributed by atoms with Crippen LogP contribution in [-0.4, -0.2) is 9.97 Å². The Labute approximate surface area is 112 Å². The topological polar surface area (TPSA) is 61.0 Å². The number of anilines is 1. The van der Waals surface area contributed by atoms with Gasteiger partial charge in [-0.15, -0.1) is 0 Å². The molecule has 1 aromatic heterocycles. The van der Waals surface area contributed by atoms with E-state index in [-0.39, 0.29) is 0 Å². The highest BCUT2D eigenvalue weighted by Gasteiger charge is 2.28. The lowest BCUT2D eigenvalue weighted by atomic mass is 10.2. The maximum Gasteiger partial charge on any atom is 0.222 e. The molecule has 4 nitrogen and oxygen atoms in total. The third-order valence-electron chi connectivity index (χ3n) is 3.32. The molecular weight excluding hydrogens is 238 g/mol. The van der Waals surface area contributed by atoms with Crippen LogP contribution < -0.4 is 10.5 Å². The molecule has 0 aliphatic heterocycles. The van der Waals surface area contributed by atoms with Crippen molar-refractivity contribution in [2.75, 3.05) is 5.73 Å². The van der Waals surface area contributed by atoms with Gasteiger partial charge in [0.15, 0.2) is 0 Å². The number of benzene rings is 1. The Kier molecular flexibility index (Phi) is 3.07. The number of nitrogen functional groups attached to an aromatic ring is 1. The van der Waals surface area contributed by atoms with Crippen LogP contribution >= 0.6 is 0 Å². The molecule has 0 radical (unpaired) electrons. The van der Waals surface area contributed by atoms with Crippen molar-refractivity contribution in [3.8, 4) is 5.88 Å². The SMILES string of the molecule is Cc1c(N)nc(C2CC2)nc1OCc1ccccc1. The fraction of sp³-hybridized carbons (Fsp3) is 0.333. The second kappa shape index (κ2) is 4.88. The van der Waals surface area contributed by atoms with Crippen LogP contribution in [-0.2, 0) is 6.61 Å². The van der Waals surface area contributed by atoms with Crippen LogP contribution in [0.5, 0.6) is 5.88 Å². The summed E-state index contributed by atoms with van der Waals surface area (Å²) in [6.45, 7) is 2.40.